The summed E-state index contributed by atoms with van der Waals surface area (Å²) in [7, 11) is 3.38. The van der Waals surface area contributed by atoms with Crippen molar-refractivity contribution >= 4 is 11.6 Å². The number of nitrogen functional groups attached to an aromatic ring is 1. The molecule has 0 fully saturated rings. The number of hydrogen-bond acceptors (Lipinski definition) is 3. The summed E-state index contributed by atoms with van der Waals surface area (Å²) >= 11 is 0. The van der Waals surface area contributed by atoms with E-state index in [2.05, 4.69) is 0 Å². The summed E-state index contributed by atoms with van der Waals surface area (Å²) in [6.07, 6.45) is 0. The Bertz CT molecular complexity index is 377. The maximum Gasteiger partial charge on any atom is 0.259 e. The van der Waals surface area contributed by atoms with Crippen molar-refractivity contribution in [3.63, 3.8) is 0 Å². The minimum atomic E-state index is -0.0839. The van der Waals surface area contributed by atoms with Gasteiger partial charge in [0.05, 0.1) is 5.69 Å². The molecule has 0 heterocycles. The molecule has 0 aromatic heterocycles. The lowest BCUT2D eigenvalue weighted by molar-refractivity contribution is -0.130. The third-order valence-corrected chi connectivity index (χ3v) is 2.29. The molecule has 4 nitrogen and oxygen atoms in total. The van der Waals surface area contributed by atoms with Crippen molar-refractivity contribution in [2.75, 3.05) is 26.4 Å². The van der Waals surface area contributed by atoms with Crippen molar-refractivity contribution < 1.29 is 9.53 Å². The Balaban J connectivity index is 2.78. The van der Waals surface area contributed by atoms with Crippen LogP contribution in [0.4, 0.5) is 5.69 Å². The minimum Gasteiger partial charge on any atom is -0.481 e. The number of rotatable bonds is 3. The first-order chi connectivity index (χ1) is 7.41. The summed E-state index contributed by atoms with van der Waals surface area (Å²) in [5.41, 5.74) is 8.44. The van der Waals surface area contributed by atoms with Gasteiger partial charge in [-0.25, -0.2) is 0 Å². The third-order valence-electron chi connectivity index (χ3n) is 2.29. The van der Waals surface area contributed by atoms with Gasteiger partial charge in [-0.15, -0.1) is 0 Å². The fourth-order valence-electron chi connectivity index (χ4n) is 1.45. The molecule has 0 unspecified atom stereocenters. The predicted octanol–water partition coefficient (Wildman–Crippen LogP) is 1.35. The SMILES string of the molecule is Cc1cc(C)c(OCC(=O)N(C)C)c(N)c1. The zero-order valence-electron chi connectivity index (χ0n) is 10.2. The van der Waals surface area contributed by atoms with Gasteiger partial charge >= 0.3 is 0 Å². The first kappa shape index (κ1) is 12.4. The Kier molecular flexibility index (Phi) is 3.77. The molecule has 0 aliphatic carbocycles. The van der Waals surface area contributed by atoms with Crippen molar-refractivity contribution in [3.05, 3.63) is 23.3 Å². The van der Waals surface area contributed by atoms with Crippen LogP contribution in [0.1, 0.15) is 11.1 Å². The smallest absolute Gasteiger partial charge is 0.259 e. The van der Waals surface area contributed by atoms with Crippen molar-refractivity contribution in [1.82, 2.24) is 4.90 Å². The van der Waals surface area contributed by atoms with Crippen molar-refractivity contribution in [1.29, 1.82) is 0 Å². The minimum absolute atomic E-state index is 0.0150. The highest BCUT2D eigenvalue weighted by molar-refractivity contribution is 5.77. The third kappa shape index (κ3) is 2.89. The Labute approximate surface area is 96.0 Å². The number of carbonyl (C=O) groups excluding carboxylic acids is 1. The highest BCUT2D eigenvalue weighted by atomic mass is 16.5. The second-order valence-electron chi connectivity index (χ2n) is 4.08. The monoisotopic (exact) mass is 222 g/mol. The molecular weight excluding hydrogens is 204 g/mol. The van der Waals surface area contributed by atoms with Crippen LogP contribution in [-0.4, -0.2) is 31.5 Å². The van der Waals surface area contributed by atoms with E-state index in [1.54, 1.807) is 14.1 Å². The van der Waals surface area contributed by atoms with Crippen LogP contribution in [0, 0.1) is 13.8 Å². The topological polar surface area (TPSA) is 55.6 Å². The Hall–Kier alpha value is -1.71. The molecule has 2 N–H and O–H groups in total. The van der Waals surface area contributed by atoms with Crippen LogP contribution in [-0.2, 0) is 4.79 Å². The lowest BCUT2D eigenvalue weighted by atomic mass is 10.1. The normalized spacial score (nSPS) is 10.0. The van der Waals surface area contributed by atoms with E-state index in [0.717, 1.165) is 11.1 Å². The van der Waals surface area contributed by atoms with E-state index in [9.17, 15) is 4.79 Å². The number of anilines is 1. The van der Waals surface area contributed by atoms with Crippen molar-refractivity contribution in [2.24, 2.45) is 0 Å². The van der Waals surface area contributed by atoms with Crippen LogP contribution in [0.25, 0.3) is 0 Å². The first-order valence-electron chi connectivity index (χ1n) is 5.11. The van der Waals surface area contributed by atoms with Crippen molar-refractivity contribution in [2.45, 2.75) is 13.8 Å². The molecule has 1 aromatic rings. The number of ether oxygens (including phenoxy) is 1. The molecule has 1 amide bonds. The molecular formula is C12H18N2O2. The van der Waals surface area contributed by atoms with Crippen LogP contribution in [0.2, 0.25) is 0 Å². The molecule has 4 heteroatoms. The average Bonchev–Trinajstić information content (AvgIpc) is 2.15. The molecule has 1 rings (SSSR count). The summed E-state index contributed by atoms with van der Waals surface area (Å²) in [5, 5.41) is 0. The van der Waals surface area contributed by atoms with Gasteiger partial charge in [0.25, 0.3) is 5.91 Å². The van der Waals surface area contributed by atoms with Crippen molar-refractivity contribution in [3.8, 4) is 5.75 Å². The molecule has 0 spiro atoms. The van der Waals surface area contributed by atoms with E-state index in [1.807, 2.05) is 26.0 Å². The lowest BCUT2D eigenvalue weighted by Gasteiger charge is -2.14. The van der Waals surface area contributed by atoms with E-state index >= 15 is 0 Å². The molecule has 0 atom stereocenters. The summed E-state index contributed by atoms with van der Waals surface area (Å²) in [6, 6.07) is 3.81. The number of hydrogen-bond donors (Lipinski definition) is 1. The van der Waals surface area contributed by atoms with Gasteiger partial charge in [0.15, 0.2) is 6.61 Å². The van der Waals surface area contributed by atoms with Crippen LogP contribution < -0.4 is 10.5 Å². The number of nitrogens with zero attached hydrogens (tertiary/aromatic N) is 1. The molecule has 0 aliphatic rings. The van der Waals surface area contributed by atoms with E-state index < -0.39 is 0 Å². The van der Waals surface area contributed by atoms with Gasteiger partial charge in [-0.1, -0.05) is 6.07 Å². The maximum absolute atomic E-state index is 11.4. The summed E-state index contributed by atoms with van der Waals surface area (Å²) in [4.78, 5) is 12.9. The quantitative estimate of drug-likeness (QED) is 0.785. The van der Waals surface area contributed by atoms with Gasteiger partial charge in [0, 0.05) is 14.1 Å². The summed E-state index contributed by atoms with van der Waals surface area (Å²) in [6.45, 7) is 3.90. The molecule has 16 heavy (non-hydrogen) atoms. The summed E-state index contributed by atoms with van der Waals surface area (Å²) in [5.74, 6) is 0.514. The average molecular weight is 222 g/mol. The standard InChI is InChI=1S/C12H18N2O2/c1-8-5-9(2)12(10(13)6-8)16-7-11(15)14(3)4/h5-6H,7,13H2,1-4H3. The van der Waals surface area contributed by atoms with E-state index in [1.165, 1.54) is 4.90 Å². The number of likely N-dealkylation sites (N-methyl/N-ethyl adjacent to an activating group) is 1. The molecule has 0 saturated carbocycles. The number of carbonyl (C=O) groups is 1. The number of benzene rings is 1. The number of aryl methyl sites for hydroxylation is 2. The highest BCUT2D eigenvalue weighted by Crippen LogP contribution is 2.27. The second kappa shape index (κ2) is 4.88. The van der Waals surface area contributed by atoms with E-state index in [0.29, 0.717) is 11.4 Å². The number of nitrogens with two attached hydrogens (primary N) is 1. The Morgan fingerprint density at radius 3 is 2.50 bits per heavy atom. The molecule has 0 saturated heterocycles. The molecule has 0 radical (unpaired) electrons. The van der Waals surface area contributed by atoms with Crippen LogP contribution in [0.3, 0.4) is 0 Å². The van der Waals surface area contributed by atoms with Gasteiger partial charge < -0.3 is 15.4 Å². The fourth-order valence-corrected chi connectivity index (χ4v) is 1.45. The van der Waals surface area contributed by atoms with Gasteiger partial charge in [0.2, 0.25) is 0 Å². The van der Waals surface area contributed by atoms with Gasteiger partial charge in [0.1, 0.15) is 5.75 Å². The van der Waals surface area contributed by atoms with E-state index in [4.69, 9.17) is 10.5 Å². The van der Waals surface area contributed by atoms with Crippen LogP contribution >= 0.6 is 0 Å². The van der Waals surface area contributed by atoms with Gasteiger partial charge in [-0.2, -0.15) is 0 Å². The Morgan fingerprint density at radius 2 is 2.00 bits per heavy atom. The van der Waals surface area contributed by atoms with Crippen LogP contribution in [0.5, 0.6) is 5.75 Å². The Morgan fingerprint density at radius 1 is 1.38 bits per heavy atom. The predicted molar refractivity (Wildman–Crippen MR) is 64.5 cm³/mol. The fraction of sp³-hybridized carbons (Fsp3) is 0.417. The number of amides is 1. The highest BCUT2D eigenvalue weighted by Gasteiger charge is 2.09. The second-order valence-corrected chi connectivity index (χ2v) is 4.08. The van der Waals surface area contributed by atoms with Gasteiger partial charge in [-0.05, 0) is 31.0 Å². The zero-order valence-corrected chi connectivity index (χ0v) is 10.2. The lowest BCUT2D eigenvalue weighted by Crippen LogP contribution is -2.27. The summed E-state index contributed by atoms with van der Waals surface area (Å²) < 4.78 is 5.43. The largest absolute Gasteiger partial charge is 0.481 e. The zero-order chi connectivity index (χ0) is 12.3. The van der Waals surface area contributed by atoms with E-state index in [-0.39, 0.29) is 12.5 Å². The molecule has 0 bridgehead atoms. The van der Waals surface area contributed by atoms with Crippen LogP contribution in [0.15, 0.2) is 12.1 Å². The molecule has 1 aromatic carbocycles. The maximum atomic E-state index is 11.4. The first-order valence-corrected chi connectivity index (χ1v) is 5.11. The molecule has 88 valence electrons. The molecule has 0 aliphatic heterocycles. The van der Waals surface area contributed by atoms with Gasteiger partial charge in [-0.3, -0.25) is 4.79 Å².